The molecule has 2 aromatic heterocycles. The third kappa shape index (κ3) is 3.94. The van der Waals surface area contributed by atoms with E-state index >= 15 is 0 Å². The number of anilines is 1. The lowest BCUT2D eigenvalue weighted by atomic mass is 10.1. The van der Waals surface area contributed by atoms with E-state index in [0.29, 0.717) is 5.56 Å². The first kappa shape index (κ1) is 16.8. The maximum atomic E-state index is 12.5. The number of carbonyl (C=O) groups is 1. The number of carbonyl (C=O) groups excluding carboxylic acids is 1. The minimum absolute atomic E-state index is 0.103. The maximum absolute atomic E-state index is 12.5. The van der Waals surface area contributed by atoms with Crippen LogP contribution in [0, 0.1) is 0 Å². The molecule has 1 aliphatic heterocycles. The van der Waals surface area contributed by atoms with Crippen molar-refractivity contribution in [2.24, 2.45) is 0 Å². The molecule has 5 heteroatoms. The van der Waals surface area contributed by atoms with Crippen molar-refractivity contribution in [3.05, 3.63) is 66.2 Å². The number of aromatic nitrogens is 2. The van der Waals surface area contributed by atoms with Crippen LogP contribution in [0.2, 0.25) is 0 Å². The summed E-state index contributed by atoms with van der Waals surface area (Å²) in [6, 6.07) is 11.8. The molecule has 1 aromatic carbocycles. The third-order valence-electron chi connectivity index (χ3n) is 4.99. The SMILES string of the molecule is O=C(Nc1ccc(CN2CCCCCC2)cc1)c1ccn2cncc2c1. The van der Waals surface area contributed by atoms with E-state index in [9.17, 15) is 4.79 Å². The van der Waals surface area contributed by atoms with E-state index in [2.05, 4.69) is 27.3 Å². The highest BCUT2D eigenvalue weighted by Gasteiger charge is 2.10. The number of pyridine rings is 1. The Morgan fingerprint density at radius 3 is 2.58 bits per heavy atom. The lowest BCUT2D eigenvalue weighted by molar-refractivity contribution is 0.102. The maximum Gasteiger partial charge on any atom is 0.255 e. The summed E-state index contributed by atoms with van der Waals surface area (Å²) in [5, 5.41) is 2.97. The summed E-state index contributed by atoms with van der Waals surface area (Å²) < 4.78 is 1.88. The van der Waals surface area contributed by atoms with Gasteiger partial charge in [0.15, 0.2) is 0 Å². The molecule has 1 N–H and O–H groups in total. The fourth-order valence-corrected chi connectivity index (χ4v) is 3.51. The average molecular weight is 348 g/mol. The first-order valence-corrected chi connectivity index (χ1v) is 9.32. The number of nitrogens with zero attached hydrogens (tertiary/aromatic N) is 3. The third-order valence-corrected chi connectivity index (χ3v) is 4.99. The van der Waals surface area contributed by atoms with E-state index in [0.717, 1.165) is 17.7 Å². The summed E-state index contributed by atoms with van der Waals surface area (Å²) in [6.07, 6.45) is 10.6. The minimum Gasteiger partial charge on any atom is -0.322 e. The topological polar surface area (TPSA) is 49.6 Å². The smallest absolute Gasteiger partial charge is 0.255 e. The number of amides is 1. The molecule has 0 unspecified atom stereocenters. The monoisotopic (exact) mass is 348 g/mol. The predicted octanol–water partition coefficient (Wildman–Crippen LogP) is 3.96. The largest absolute Gasteiger partial charge is 0.322 e. The molecule has 0 radical (unpaired) electrons. The molecule has 0 spiro atoms. The van der Waals surface area contributed by atoms with Crippen LogP contribution in [0.5, 0.6) is 0 Å². The zero-order valence-electron chi connectivity index (χ0n) is 14.9. The minimum atomic E-state index is -0.103. The summed E-state index contributed by atoms with van der Waals surface area (Å²) in [5.41, 5.74) is 3.66. The van der Waals surface area contributed by atoms with Gasteiger partial charge in [0.1, 0.15) is 0 Å². The van der Waals surface area contributed by atoms with Crippen LogP contribution in [-0.2, 0) is 6.54 Å². The van der Waals surface area contributed by atoms with Gasteiger partial charge in [0.2, 0.25) is 0 Å². The molecule has 1 fully saturated rings. The molecule has 0 saturated carbocycles. The van der Waals surface area contributed by atoms with Gasteiger partial charge in [-0.15, -0.1) is 0 Å². The second-order valence-corrected chi connectivity index (χ2v) is 6.98. The Morgan fingerprint density at radius 1 is 1.04 bits per heavy atom. The number of fused-ring (bicyclic) bond motifs is 1. The number of likely N-dealkylation sites (tertiary alicyclic amines) is 1. The highest BCUT2D eigenvalue weighted by Crippen LogP contribution is 2.16. The molecule has 0 atom stereocenters. The van der Waals surface area contributed by atoms with Crippen molar-refractivity contribution in [2.75, 3.05) is 18.4 Å². The molecular weight excluding hydrogens is 324 g/mol. The van der Waals surface area contributed by atoms with Crippen LogP contribution in [0.25, 0.3) is 5.52 Å². The molecule has 26 heavy (non-hydrogen) atoms. The Labute approximate surface area is 153 Å². The summed E-state index contributed by atoms with van der Waals surface area (Å²) in [6.45, 7) is 3.37. The van der Waals surface area contributed by atoms with E-state index in [1.54, 1.807) is 18.6 Å². The molecule has 1 amide bonds. The molecule has 5 nitrogen and oxygen atoms in total. The van der Waals surface area contributed by atoms with Crippen LogP contribution in [0.1, 0.15) is 41.6 Å². The Morgan fingerprint density at radius 2 is 1.81 bits per heavy atom. The molecule has 1 saturated heterocycles. The molecule has 4 rings (SSSR count). The second kappa shape index (κ2) is 7.70. The number of imidazole rings is 1. The molecule has 3 aromatic rings. The lowest BCUT2D eigenvalue weighted by Gasteiger charge is -2.19. The zero-order chi connectivity index (χ0) is 17.8. The van der Waals surface area contributed by atoms with Gasteiger partial charge in [-0.2, -0.15) is 0 Å². The van der Waals surface area contributed by atoms with Gasteiger partial charge < -0.3 is 9.72 Å². The Hall–Kier alpha value is -2.66. The lowest BCUT2D eigenvalue weighted by Crippen LogP contribution is -2.23. The van der Waals surface area contributed by atoms with E-state index in [1.807, 2.05) is 28.8 Å². The Bertz CT molecular complexity index is 876. The normalized spacial score (nSPS) is 15.7. The van der Waals surface area contributed by atoms with Gasteiger partial charge in [0, 0.05) is 24.0 Å². The molecule has 0 aliphatic carbocycles. The van der Waals surface area contributed by atoms with Crippen LogP contribution in [0.4, 0.5) is 5.69 Å². The van der Waals surface area contributed by atoms with Crippen LogP contribution < -0.4 is 5.32 Å². The van der Waals surface area contributed by atoms with Crippen molar-refractivity contribution < 1.29 is 4.79 Å². The summed E-state index contributed by atoms with van der Waals surface area (Å²) >= 11 is 0. The summed E-state index contributed by atoms with van der Waals surface area (Å²) in [4.78, 5) is 19.1. The van der Waals surface area contributed by atoms with E-state index < -0.39 is 0 Å². The number of rotatable bonds is 4. The van der Waals surface area contributed by atoms with Gasteiger partial charge in [-0.1, -0.05) is 25.0 Å². The predicted molar refractivity (Wildman–Crippen MR) is 103 cm³/mol. The second-order valence-electron chi connectivity index (χ2n) is 6.98. The van der Waals surface area contributed by atoms with Gasteiger partial charge in [-0.05, 0) is 55.8 Å². The van der Waals surface area contributed by atoms with Crippen molar-refractivity contribution >= 4 is 17.1 Å². The first-order chi connectivity index (χ1) is 12.8. The quantitative estimate of drug-likeness (QED) is 0.776. The molecule has 1 aliphatic rings. The highest BCUT2D eigenvalue weighted by atomic mass is 16.1. The fraction of sp³-hybridized carbons (Fsp3) is 0.333. The van der Waals surface area contributed by atoms with Gasteiger partial charge in [0.05, 0.1) is 18.0 Å². The van der Waals surface area contributed by atoms with Crippen LogP contribution in [-0.4, -0.2) is 33.3 Å². The Balaban J connectivity index is 1.39. The summed E-state index contributed by atoms with van der Waals surface area (Å²) in [5.74, 6) is -0.103. The molecular formula is C21H24N4O. The highest BCUT2D eigenvalue weighted by molar-refractivity contribution is 6.04. The van der Waals surface area contributed by atoms with Crippen molar-refractivity contribution in [2.45, 2.75) is 32.2 Å². The molecule has 3 heterocycles. The van der Waals surface area contributed by atoms with Crippen molar-refractivity contribution in [1.29, 1.82) is 0 Å². The van der Waals surface area contributed by atoms with Crippen LogP contribution in [0.3, 0.4) is 0 Å². The number of hydrogen-bond acceptors (Lipinski definition) is 3. The summed E-state index contributed by atoms with van der Waals surface area (Å²) in [7, 11) is 0. The molecule has 0 bridgehead atoms. The van der Waals surface area contributed by atoms with Crippen LogP contribution in [0.15, 0.2) is 55.1 Å². The van der Waals surface area contributed by atoms with Crippen molar-refractivity contribution in [3.8, 4) is 0 Å². The van der Waals surface area contributed by atoms with Gasteiger partial charge in [-0.25, -0.2) is 4.98 Å². The number of nitrogens with one attached hydrogen (secondary N) is 1. The average Bonchev–Trinajstić information content (AvgIpc) is 2.99. The first-order valence-electron chi connectivity index (χ1n) is 9.32. The fourth-order valence-electron chi connectivity index (χ4n) is 3.51. The van der Waals surface area contributed by atoms with Crippen molar-refractivity contribution in [1.82, 2.24) is 14.3 Å². The van der Waals surface area contributed by atoms with Crippen molar-refractivity contribution in [3.63, 3.8) is 0 Å². The van der Waals surface area contributed by atoms with Gasteiger partial charge in [0.25, 0.3) is 5.91 Å². The van der Waals surface area contributed by atoms with Gasteiger partial charge >= 0.3 is 0 Å². The standard InChI is InChI=1S/C21H24N4O/c26-21(18-9-12-25-16-22-14-20(25)13-18)23-19-7-5-17(6-8-19)15-24-10-3-1-2-4-11-24/h5-9,12-14,16H,1-4,10-11,15H2,(H,23,26). The number of benzene rings is 1. The molecule has 134 valence electrons. The van der Waals surface area contributed by atoms with E-state index in [4.69, 9.17) is 0 Å². The van der Waals surface area contributed by atoms with E-state index in [1.165, 1.54) is 44.3 Å². The number of hydrogen-bond donors (Lipinski definition) is 1. The Kier molecular flexibility index (Phi) is 4.97. The zero-order valence-corrected chi connectivity index (χ0v) is 14.9. The van der Waals surface area contributed by atoms with Gasteiger partial charge in [-0.3, -0.25) is 9.69 Å². The van der Waals surface area contributed by atoms with E-state index in [-0.39, 0.29) is 5.91 Å². The van der Waals surface area contributed by atoms with Crippen LogP contribution >= 0.6 is 0 Å².